The number of aliphatic hydroxyl groups is 1. The normalized spacial score (nSPS) is 23.3. The van der Waals surface area contributed by atoms with Gasteiger partial charge in [-0.2, -0.15) is 4.31 Å². The molecule has 1 heterocycles. The highest BCUT2D eigenvalue weighted by atomic mass is 32.2. The minimum absolute atomic E-state index is 0.0624. The fourth-order valence-corrected chi connectivity index (χ4v) is 6.09. The molecule has 0 radical (unpaired) electrons. The molecule has 1 saturated heterocycles. The summed E-state index contributed by atoms with van der Waals surface area (Å²) in [6.07, 6.45) is 6.48. The highest BCUT2D eigenvalue weighted by molar-refractivity contribution is 7.89. The van der Waals surface area contributed by atoms with Crippen molar-refractivity contribution >= 4 is 21.9 Å². The Morgan fingerprint density at radius 1 is 1.09 bits per heavy atom. The van der Waals surface area contributed by atoms with Gasteiger partial charge in [0.25, 0.3) is 5.91 Å². The summed E-state index contributed by atoms with van der Waals surface area (Å²) in [4.78, 5) is 25.0. The van der Waals surface area contributed by atoms with Crippen LogP contribution < -0.4 is 5.32 Å². The first-order valence-corrected chi connectivity index (χ1v) is 12.9. The number of hydrogen-bond donors (Lipinski definition) is 2. The second-order valence-corrected chi connectivity index (χ2v) is 10.8. The van der Waals surface area contributed by atoms with Crippen molar-refractivity contribution in [2.45, 2.75) is 88.3 Å². The Morgan fingerprint density at radius 3 is 2.41 bits per heavy atom. The SMILES string of the molecule is Cc1ccc(S(=O)(=O)N2CC(O)C[C@H]2C(=O)OCC(=O)NC2CCCCCCC2)cc1C. The number of aryl methyl sites for hydroxylation is 2. The van der Waals surface area contributed by atoms with Crippen LogP contribution in [0.2, 0.25) is 0 Å². The van der Waals surface area contributed by atoms with Crippen LogP contribution in [-0.2, 0) is 24.3 Å². The summed E-state index contributed by atoms with van der Waals surface area (Å²) in [5.41, 5.74) is 1.77. The van der Waals surface area contributed by atoms with Crippen LogP contribution in [0.5, 0.6) is 0 Å². The van der Waals surface area contributed by atoms with E-state index < -0.39 is 34.7 Å². The van der Waals surface area contributed by atoms with Gasteiger partial charge in [0.1, 0.15) is 6.04 Å². The van der Waals surface area contributed by atoms with E-state index in [1.807, 2.05) is 13.8 Å². The lowest BCUT2D eigenvalue weighted by molar-refractivity contribution is -0.152. The van der Waals surface area contributed by atoms with E-state index >= 15 is 0 Å². The van der Waals surface area contributed by atoms with E-state index in [-0.39, 0.29) is 29.8 Å². The summed E-state index contributed by atoms with van der Waals surface area (Å²) in [6, 6.07) is 3.68. The van der Waals surface area contributed by atoms with Crippen LogP contribution in [0.1, 0.15) is 62.5 Å². The number of nitrogens with zero attached hydrogens (tertiary/aromatic N) is 1. The van der Waals surface area contributed by atoms with Crippen LogP contribution in [0.15, 0.2) is 23.1 Å². The van der Waals surface area contributed by atoms with E-state index in [1.54, 1.807) is 12.1 Å². The predicted octanol–water partition coefficient (Wildman–Crippen LogP) is 2.20. The number of rotatable bonds is 6. The van der Waals surface area contributed by atoms with Gasteiger partial charge in [0.05, 0.1) is 11.0 Å². The van der Waals surface area contributed by atoms with E-state index in [2.05, 4.69) is 5.32 Å². The predicted molar refractivity (Wildman–Crippen MR) is 119 cm³/mol. The molecule has 0 aromatic heterocycles. The van der Waals surface area contributed by atoms with Crippen molar-refractivity contribution in [1.29, 1.82) is 0 Å². The Kier molecular flexibility index (Phi) is 8.30. The number of carbonyl (C=O) groups excluding carboxylic acids is 2. The number of esters is 1. The van der Waals surface area contributed by atoms with Crippen LogP contribution in [0.3, 0.4) is 0 Å². The number of benzene rings is 1. The molecule has 1 unspecified atom stereocenters. The fourth-order valence-electron chi connectivity index (χ4n) is 4.38. The van der Waals surface area contributed by atoms with Gasteiger partial charge >= 0.3 is 5.97 Å². The van der Waals surface area contributed by atoms with Gasteiger partial charge in [0, 0.05) is 19.0 Å². The Balaban J connectivity index is 1.61. The maximum Gasteiger partial charge on any atom is 0.325 e. The van der Waals surface area contributed by atoms with Gasteiger partial charge in [0.15, 0.2) is 6.61 Å². The number of nitrogens with one attached hydrogen (secondary N) is 1. The average Bonchev–Trinajstić information content (AvgIpc) is 3.13. The van der Waals surface area contributed by atoms with Crippen molar-refractivity contribution in [3.8, 4) is 0 Å². The van der Waals surface area contributed by atoms with Crippen molar-refractivity contribution in [3.05, 3.63) is 29.3 Å². The number of ether oxygens (including phenoxy) is 1. The molecule has 2 atom stereocenters. The first-order valence-electron chi connectivity index (χ1n) is 11.4. The molecule has 0 bridgehead atoms. The summed E-state index contributed by atoms with van der Waals surface area (Å²) in [7, 11) is -4.00. The van der Waals surface area contributed by atoms with E-state index in [1.165, 1.54) is 12.5 Å². The summed E-state index contributed by atoms with van der Waals surface area (Å²) in [5, 5.41) is 13.0. The molecule has 1 aliphatic carbocycles. The number of amides is 1. The molecule has 32 heavy (non-hydrogen) atoms. The van der Waals surface area contributed by atoms with Crippen molar-refractivity contribution in [2.75, 3.05) is 13.2 Å². The second kappa shape index (κ2) is 10.8. The lowest BCUT2D eigenvalue weighted by Gasteiger charge is -2.23. The maximum absolute atomic E-state index is 13.1. The molecule has 1 saturated carbocycles. The molecular weight excluding hydrogens is 432 g/mol. The van der Waals surface area contributed by atoms with Gasteiger partial charge < -0.3 is 15.2 Å². The highest BCUT2D eigenvalue weighted by Gasteiger charge is 2.44. The summed E-state index contributed by atoms with van der Waals surface area (Å²) < 4.78 is 32.4. The first-order chi connectivity index (χ1) is 15.2. The minimum Gasteiger partial charge on any atom is -0.454 e. The van der Waals surface area contributed by atoms with Gasteiger partial charge in [-0.1, -0.05) is 38.2 Å². The molecule has 2 fully saturated rings. The van der Waals surface area contributed by atoms with Crippen molar-refractivity contribution in [2.24, 2.45) is 0 Å². The molecule has 1 aromatic carbocycles. The quantitative estimate of drug-likeness (QED) is 0.622. The molecule has 2 aliphatic rings. The van der Waals surface area contributed by atoms with E-state index in [9.17, 15) is 23.1 Å². The van der Waals surface area contributed by atoms with Crippen LogP contribution in [0, 0.1) is 13.8 Å². The number of aliphatic hydroxyl groups excluding tert-OH is 1. The van der Waals surface area contributed by atoms with Crippen molar-refractivity contribution in [1.82, 2.24) is 9.62 Å². The molecule has 1 aliphatic heterocycles. The third-order valence-electron chi connectivity index (χ3n) is 6.41. The van der Waals surface area contributed by atoms with Gasteiger partial charge in [-0.15, -0.1) is 0 Å². The Hall–Kier alpha value is -1.97. The molecule has 0 spiro atoms. The lowest BCUT2D eigenvalue weighted by atomic mass is 9.97. The Morgan fingerprint density at radius 2 is 1.75 bits per heavy atom. The van der Waals surface area contributed by atoms with Crippen LogP contribution in [0.25, 0.3) is 0 Å². The Labute approximate surface area is 190 Å². The van der Waals surface area contributed by atoms with Crippen molar-refractivity contribution < 1.29 is 27.9 Å². The molecule has 9 heteroatoms. The van der Waals surface area contributed by atoms with Crippen LogP contribution >= 0.6 is 0 Å². The third-order valence-corrected chi connectivity index (χ3v) is 8.28. The average molecular weight is 467 g/mol. The zero-order valence-electron chi connectivity index (χ0n) is 18.9. The molecular formula is C23H34N2O6S. The summed E-state index contributed by atoms with van der Waals surface area (Å²) in [5.74, 6) is -1.20. The van der Waals surface area contributed by atoms with Crippen LogP contribution in [-0.4, -0.2) is 61.0 Å². The number of β-amino-alcohol motifs (C(OH)–C–C–N with tert-alkyl or cyclic N) is 1. The first kappa shape index (κ1) is 24.7. The molecule has 2 N–H and O–H groups in total. The topological polar surface area (TPSA) is 113 Å². The van der Waals surface area contributed by atoms with E-state index in [0.29, 0.717) is 0 Å². The summed E-state index contributed by atoms with van der Waals surface area (Å²) in [6.45, 7) is 3.05. The zero-order valence-corrected chi connectivity index (χ0v) is 19.7. The number of hydrogen-bond acceptors (Lipinski definition) is 6. The molecule has 8 nitrogen and oxygen atoms in total. The number of carbonyl (C=O) groups is 2. The molecule has 1 aromatic rings. The van der Waals surface area contributed by atoms with Gasteiger partial charge in [0.2, 0.25) is 10.0 Å². The minimum atomic E-state index is -4.00. The molecule has 1 amide bonds. The molecule has 178 valence electrons. The lowest BCUT2D eigenvalue weighted by Crippen LogP contribution is -2.43. The third kappa shape index (κ3) is 6.08. The summed E-state index contributed by atoms with van der Waals surface area (Å²) >= 11 is 0. The monoisotopic (exact) mass is 466 g/mol. The van der Waals surface area contributed by atoms with E-state index in [4.69, 9.17) is 4.74 Å². The standard InChI is InChI=1S/C23H34N2O6S/c1-16-10-11-20(12-17(16)2)32(29,30)25-14-19(26)13-21(25)23(28)31-15-22(27)24-18-8-6-4-3-5-7-9-18/h10-12,18-19,21,26H,3-9,13-15H2,1-2H3,(H,24,27)/t19?,21-/m0/s1. The highest BCUT2D eigenvalue weighted by Crippen LogP contribution is 2.28. The maximum atomic E-state index is 13.1. The van der Waals surface area contributed by atoms with Gasteiger partial charge in [-0.05, 0) is 49.9 Å². The zero-order chi connectivity index (χ0) is 23.3. The van der Waals surface area contributed by atoms with Gasteiger partial charge in [-0.3, -0.25) is 9.59 Å². The van der Waals surface area contributed by atoms with Gasteiger partial charge in [-0.25, -0.2) is 8.42 Å². The van der Waals surface area contributed by atoms with Crippen molar-refractivity contribution in [3.63, 3.8) is 0 Å². The van der Waals surface area contributed by atoms with E-state index in [0.717, 1.165) is 54.0 Å². The smallest absolute Gasteiger partial charge is 0.325 e. The Bertz CT molecular complexity index is 924. The second-order valence-electron chi connectivity index (χ2n) is 8.94. The fraction of sp³-hybridized carbons (Fsp3) is 0.652. The number of sulfonamides is 1. The van der Waals surface area contributed by atoms with Crippen LogP contribution in [0.4, 0.5) is 0 Å². The largest absolute Gasteiger partial charge is 0.454 e. The molecule has 3 rings (SSSR count).